The van der Waals surface area contributed by atoms with Crippen molar-refractivity contribution in [1.82, 2.24) is 0 Å². The van der Waals surface area contributed by atoms with Crippen LogP contribution in [-0.4, -0.2) is 19.2 Å². The maximum absolute atomic E-state index is 11.1. The van der Waals surface area contributed by atoms with Gasteiger partial charge in [-0.3, -0.25) is 0 Å². The minimum atomic E-state index is -0.347. The van der Waals surface area contributed by atoms with Crippen LogP contribution in [0.1, 0.15) is 6.92 Å². The van der Waals surface area contributed by atoms with Crippen LogP contribution in [0.3, 0.4) is 0 Å². The zero-order valence-corrected chi connectivity index (χ0v) is 12.0. The van der Waals surface area contributed by atoms with Crippen LogP contribution in [0.15, 0.2) is 66.7 Å². The maximum atomic E-state index is 11.1. The molecule has 0 fully saturated rings. The molecule has 3 heteroatoms. The monoisotopic (exact) mass is 282 g/mol. The number of carbonyl (C=O) groups is 1. The van der Waals surface area contributed by atoms with Gasteiger partial charge >= 0.3 is 5.97 Å². The van der Waals surface area contributed by atoms with E-state index in [9.17, 15) is 4.79 Å². The van der Waals surface area contributed by atoms with E-state index in [4.69, 9.17) is 9.47 Å². The van der Waals surface area contributed by atoms with Gasteiger partial charge in [-0.15, -0.1) is 0 Å². The molecule has 0 N–H and O–H groups in total. The summed E-state index contributed by atoms with van der Waals surface area (Å²) in [4.78, 5) is 11.1. The molecule has 0 amide bonds. The second-order valence-electron chi connectivity index (χ2n) is 4.36. The van der Waals surface area contributed by atoms with Crippen molar-refractivity contribution >= 4 is 5.97 Å². The van der Waals surface area contributed by atoms with Gasteiger partial charge in [0.2, 0.25) is 0 Å². The Balaban J connectivity index is 1.87. The predicted molar refractivity (Wildman–Crippen MR) is 83.1 cm³/mol. The first-order chi connectivity index (χ1) is 10.3. The first-order valence-corrected chi connectivity index (χ1v) is 6.91. The van der Waals surface area contributed by atoms with Crippen molar-refractivity contribution in [3.63, 3.8) is 0 Å². The van der Waals surface area contributed by atoms with Gasteiger partial charge in [-0.25, -0.2) is 4.79 Å². The number of rotatable bonds is 6. The van der Waals surface area contributed by atoms with Crippen LogP contribution in [0.25, 0.3) is 11.1 Å². The molecule has 0 aliphatic carbocycles. The van der Waals surface area contributed by atoms with Crippen molar-refractivity contribution in [3.8, 4) is 16.9 Å². The summed E-state index contributed by atoms with van der Waals surface area (Å²) in [6.07, 6.45) is 3.02. The third-order valence-corrected chi connectivity index (χ3v) is 2.85. The van der Waals surface area contributed by atoms with Crippen molar-refractivity contribution in [1.29, 1.82) is 0 Å². The molecule has 0 heterocycles. The average Bonchev–Trinajstić information content (AvgIpc) is 2.53. The molecule has 2 rings (SSSR count). The highest BCUT2D eigenvalue weighted by molar-refractivity contribution is 5.81. The molecule has 0 aliphatic heterocycles. The minimum absolute atomic E-state index is 0.337. The van der Waals surface area contributed by atoms with Crippen molar-refractivity contribution in [3.05, 3.63) is 66.7 Å². The van der Waals surface area contributed by atoms with Crippen LogP contribution in [0.5, 0.6) is 5.75 Å². The van der Waals surface area contributed by atoms with Crippen molar-refractivity contribution in [2.45, 2.75) is 6.92 Å². The van der Waals surface area contributed by atoms with E-state index in [-0.39, 0.29) is 5.97 Å². The summed E-state index contributed by atoms with van der Waals surface area (Å²) in [5.41, 5.74) is 2.32. The van der Waals surface area contributed by atoms with E-state index >= 15 is 0 Å². The Morgan fingerprint density at radius 3 is 2.33 bits per heavy atom. The topological polar surface area (TPSA) is 35.5 Å². The molecule has 3 nitrogen and oxygen atoms in total. The number of hydrogen-bond acceptors (Lipinski definition) is 3. The van der Waals surface area contributed by atoms with Gasteiger partial charge in [-0.1, -0.05) is 42.5 Å². The first kappa shape index (κ1) is 14.9. The lowest BCUT2D eigenvalue weighted by atomic mass is 10.1. The number of esters is 1. The van der Waals surface area contributed by atoms with Crippen molar-refractivity contribution in [2.75, 3.05) is 13.2 Å². The van der Waals surface area contributed by atoms with Gasteiger partial charge in [-0.05, 0) is 36.3 Å². The fourth-order valence-electron chi connectivity index (χ4n) is 1.85. The van der Waals surface area contributed by atoms with Gasteiger partial charge < -0.3 is 9.47 Å². The molecule has 0 atom stereocenters. The fraction of sp³-hybridized carbons (Fsp3) is 0.167. The summed E-state index contributed by atoms with van der Waals surface area (Å²) >= 11 is 0. The number of benzene rings is 2. The van der Waals surface area contributed by atoms with Gasteiger partial charge in [0.15, 0.2) is 0 Å². The van der Waals surface area contributed by atoms with Crippen LogP contribution >= 0.6 is 0 Å². The lowest BCUT2D eigenvalue weighted by molar-refractivity contribution is -0.137. The van der Waals surface area contributed by atoms with Gasteiger partial charge in [0, 0.05) is 6.08 Å². The molecular formula is C18H18O3. The highest BCUT2D eigenvalue weighted by atomic mass is 16.5. The molecule has 2 aromatic carbocycles. The molecule has 0 unspecified atom stereocenters. The Hall–Kier alpha value is -2.55. The lowest BCUT2D eigenvalue weighted by Crippen LogP contribution is -2.00. The Bertz CT molecular complexity index is 586. The van der Waals surface area contributed by atoms with Crippen LogP contribution in [0, 0.1) is 0 Å². The lowest BCUT2D eigenvalue weighted by Gasteiger charge is -2.05. The maximum Gasteiger partial charge on any atom is 0.330 e. The summed E-state index contributed by atoms with van der Waals surface area (Å²) in [6, 6.07) is 18.0. The van der Waals surface area contributed by atoms with Gasteiger partial charge in [-0.2, -0.15) is 0 Å². The number of ether oxygens (including phenoxy) is 2. The van der Waals surface area contributed by atoms with E-state index in [2.05, 4.69) is 12.1 Å². The van der Waals surface area contributed by atoms with Gasteiger partial charge in [0.1, 0.15) is 12.4 Å². The third-order valence-electron chi connectivity index (χ3n) is 2.85. The molecule has 0 radical (unpaired) electrons. The molecule has 108 valence electrons. The molecule has 21 heavy (non-hydrogen) atoms. The highest BCUT2D eigenvalue weighted by Gasteiger charge is 1.98. The molecular weight excluding hydrogens is 264 g/mol. The van der Waals surface area contributed by atoms with E-state index in [0.717, 1.165) is 11.3 Å². The summed E-state index contributed by atoms with van der Waals surface area (Å²) in [6.45, 7) is 2.49. The van der Waals surface area contributed by atoms with Crippen LogP contribution < -0.4 is 4.74 Å². The molecule has 0 saturated heterocycles. The number of hydrogen-bond donors (Lipinski definition) is 0. The summed E-state index contributed by atoms with van der Waals surface area (Å²) in [7, 11) is 0. The zero-order chi connectivity index (χ0) is 14.9. The molecule has 0 aliphatic rings. The minimum Gasteiger partial charge on any atom is -0.490 e. The molecule has 0 spiro atoms. The van der Waals surface area contributed by atoms with Crippen molar-refractivity contribution < 1.29 is 14.3 Å². The van der Waals surface area contributed by atoms with Crippen LogP contribution in [0.4, 0.5) is 0 Å². The van der Waals surface area contributed by atoms with Crippen molar-refractivity contribution in [2.24, 2.45) is 0 Å². The standard InChI is InChI=1S/C18H18O3/c1-2-20-18(19)9-6-14-21-17-12-10-16(11-13-17)15-7-4-3-5-8-15/h3-13H,2,14H2,1H3/b9-6+. The fourth-order valence-corrected chi connectivity index (χ4v) is 1.85. The predicted octanol–water partition coefficient (Wildman–Crippen LogP) is 3.85. The molecule has 0 bridgehead atoms. The zero-order valence-electron chi connectivity index (χ0n) is 12.0. The Morgan fingerprint density at radius 1 is 1.00 bits per heavy atom. The Morgan fingerprint density at radius 2 is 1.67 bits per heavy atom. The van der Waals surface area contributed by atoms with E-state index in [1.807, 2.05) is 42.5 Å². The summed E-state index contributed by atoms with van der Waals surface area (Å²) in [5.74, 6) is 0.420. The van der Waals surface area contributed by atoms with Crippen LogP contribution in [0.2, 0.25) is 0 Å². The SMILES string of the molecule is CCOC(=O)/C=C/COc1ccc(-c2ccccc2)cc1. The van der Waals surface area contributed by atoms with E-state index < -0.39 is 0 Å². The first-order valence-electron chi connectivity index (χ1n) is 6.91. The van der Waals surface area contributed by atoms with E-state index in [0.29, 0.717) is 13.2 Å². The van der Waals surface area contributed by atoms with Gasteiger partial charge in [0.25, 0.3) is 0 Å². The molecule has 0 aromatic heterocycles. The normalized spacial score (nSPS) is 10.5. The highest BCUT2D eigenvalue weighted by Crippen LogP contribution is 2.21. The van der Waals surface area contributed by atoms with E-state index in [1.54, 1.807) is 13.0 Å². The largest absolute Gasteiger partial charge is 0.490 e. The second kappa shape index (κ2) is 7.90. The third kappa shape index (κ3) is 4.80. The molecule has 2 aromatic rings. The summed E-state index contributed by atoms with van der Waals surface area (Å²) in [5, 5.41) is 0. The average molecular weight is 282 g/mol. The van der Waals surface area contributed by atoms with E-state index in [1.165, 1.54) is 11.6 Å². The smallest absolute Gasteiger partial charge is 0.330 e. The second-order valence-corrected chi connectivity index (χ2v) is 4.36. The quantitative estimate of drug-likeness (QED) is 0.596. The number of carbonyl (C=O) groups excluding carboxylic acids is 1. The summed E-state index contributed by atoms with van der Waals surface area (Å²) < 4.78 is 10.3. The Kier molecular flexibility index (Phi) is 5.59. The van der Waals surface area contributed by atoms with Gasteiger partial charge in [0.05, 0.1) is 6.61 Å². The van der Waals surface area contributed by atoms with Crippen LogP contribution in [-0.2, 0) is 9.53 Å². The Labute approximate surface area is 124 Å². The molecule has 0 saturated carbocycles.